The summed E-state index contributed by atoms with van der Waals surface area (Å²) in [4.78, 5) is 12.5. The Morgan fingerprint density at radius 1 is 1.00 bits per heavy atom. The van der Waals surface area contributed by atoms with E-state index in [1.807, 2.05) is 47.0 Å². The van der Waals surface area contributed by atoms with Crippen LogP contribution in [0.15, 0.2) is 83.1 Å². The third kappa shape index (κ3) is 5.72. The lowest BCUT2D eigenvalue weighted by Gasteiger charge is -2.12. The van der Waals surface area contributed by atoms with Gasteiger partial charge in [0.05, 0.1) is 25.7 Å². The van der Waals surface area contributed by atoms with Crippen LogP contribution >= 0.6 is 11.8 Å². The van der Waals surface area contributed by atoms with E-state index in [0.29, 0.717) is 33.8 Å². The van der Waals surface area contributed by atoms with Crippen LogP contribution in [-0.4, -0.2) is 46.4 Å². The molecule has 36 heavy (non-hydrogen) atoms. The number of hydrogen-bond donors (Lipinski definition) is 1. The zero-order chi connectivity index (χ0) is 25.5. The third-order valence-corrected chi connectivity index (χ3v) is 6.16. The molecule has 0 aliphatic rings. The number of rotatable bonds is 9. The van der Waals surface area contributed by atoms with E-state index < -0.39 is 0 Å². The summed E-state index contributed by atoms with van der Waals surface area (Å²) in [6.07, 6.45) is 0. The van der Waals surface area contributed by atoms with Gasteiger partial charge in [-0.3, -0.25) is 9.36 Å². The molecule has 0 spiro atoms. The summed E-state index contributed by atoms with van der Waals surface area (Å²) in [5.74, 6) is 1.20. The summed E-state index contributed by atoms with van der Waals surface area (Å²) in [5.41, 5.74) is 5.44. The van der Waals surface area contributed by atoms with Gasteiger partial charge in [-0.05, 0) is 55.0 Å². The monoisotopic (exact) mass is 505 g/mol. The number of hydrogen-bond acceptors (Lipinski definition) is 7. The first-order valence-corrected chi connectivity index (χ1v) is 11.9. The molecule has 1 aromatic heterocycles. The molecule has 0 unspecified atom stereocenters. The smallest absolute Gasteiger partial charge is 0.250 e. The maximum atomic E-state index is 13.1. The molecule has 0 saturated heterocycles. The maximum Gasteiger partial charge on any atom is 0.250 e. The van der Waals surface area contributed by atoms with E-state index in [0.717, 1.165) is 11.3 Å². The van der Waals surface area contributed by atoms with Gasteiger partial charge in [-0.1, -0.05) is 42.1 Å². The Kier molecular flexibility index (Phi) is 7.96. The van der Waals surface area contributed by atoms with Gasteiger partial charge in [-0.25, -0.2) is 9.82 Å². The van der Waals surface area contributed by atoms with Gasteiger partial charge in [-0.2, -0.15) is 5.10 Å². The molecular weight excluding hydrogens is 481 g/mol. The molecule has 184 valence electrons. The van der Waals surface area contributed by atoms with Crippen molar-refractivity contribution < 1.29 is 18.7 Å². The molecule has 0 radical (unpaired) electrons. The molecule has 0 bridgehead atoms. The Hall–Kier alpha value is -4.18. The van der Waals surface area contributed by atoms with E-state index in [2.05, 4.69) is 20.7 Å². The lowest BCUT2D eigenvalue weighted by molar-refractivity contribution is -0.118. The van der Waals surface area contributed by atoms with E-state index in [1.54, 1.807) is 39.3 Å². The highest BCUT2D eigenvalue weighted by atomic mass is 32.2. The number of aromatic nitrogens is 3. The summed E-state index contributed by atoms with van der Waals surface area (Å²) in [6, 6.07) is 21.0. The number of benzene rings is 3. The average Bonchev–Trinajstić information content (AvgIpc) is 3.35. The largest absolute Gasteiger partial charge is 0.493 e. The molecule has 0 atom stereocenters. The van der Waals surface area contributed by atoms with Crippen LogP contribution in [-0.2, 0) is 4.79 Å². The molecule has 4 rings (SSSR count). The summed E-state index contributed by atoms with van der Waals surface area (Å²) >= 11 is 1.24. The number of amides is 1. The third-order valence-electron chi connectivity index (χ3n) is 5.23. The van der Waals surface area contributed by atoms with E-state index in [4.69, 9.17) is 9.47 Å². The predicted molar refractivity (Wildman–Crippen MR) is 137 cm³/mol. The molecule has 1 amide bonds. The summed E-state index contributed by atoms with van der Waals surface area (Å²) in [6.45, 7) is 1.74. The van der Waals surface area contributed by atoms with Crippen molar-refractivity contribution in [1.82, 2.24) is 20.2 Å². The number of carbonyl (C=O) groups excluding carboxylic acids is 1. The summed E-state index contributed by atoms with van der Waals surface area (Å²) in [7, 11) is 3.15. The standard InChI is InChI=1S/C26H24FN5O3S/c1-17(18-9-12-20(27)13-10-18)28-29-24(33)16-36-26-31-30-25(32(26)21-7-5-4-6-8-21)19-11-14-22(34-2)23(15-19)35-3/h4-15H,16H2,1-3H3,(H,29,33)/b28-17-. The first-order chi connectivity index (χ1) is 17.5. The average molecular weight is 506 g/mol. The van der Waals surface area contributed by atoms with Crippen LogP contribution in [0.1, 0.15) is 12.5 Å². The quantitative estimate of drug-likeness (QED) is 0.201. The van der Waals surface area contributed by atoms with E-state index in [-0.39, 0.29) is 17.5 Å². The highest BCUT2D eigenvalue weighted by Gasteiger charge is 2.18. The van der Waals surface area contributed by atoms with Crippen molar-refractivity contribution in [3.05, 3.63) is 84.2 Å². The highest BCUT2D eigenvalue weighted by Crippen LogP contribution is 2.34. The lowest BCUT2D eigenvalue weighted by atomic mass is 10.1. The second-order valence-electron chi connectivity index (χ2n) is 7.57. The number of nitrogens with zero attached hydrogens (tertiary/aromatic N) is 4. The normalized spacial score (nSPS) is 11.3. The topological polar surface area (TPSA) is 90.6 Å². The fourth-order valence-electron chi connectivity index (χ4n) is 3.40. The zero-order valence-electron chi connectivity index (χ0n) is 19.9. The molecule has 0 aliphatic carbocycles. The van der Waals surface area contributed by atoms with Gasteiger partial charge < -0.3 is 9.47 Å². The predicted octanol–water partition coefficient (Wildman–Crippen LogP) is 4.72. The first kappa shape index (κ1) is 24.9. The van der Waals surface area contributed by atoms with Crippen LogP contribution in [0.3, 0.4) is 0 Å². The molecule has 8 nitrogen and oxygen atoms in total. The van der Waals surface area contributed by atoms with Crippen molar-refractivity contribution >= 4 is 23.4 Å². The van der Waals surface area contributed by atoms with Crippen LogP contribution in [0.2, 0.25) is 0 Å². The fourth-order valence-corrected chi connectivity index (χ4v) is 4.14. The molecular formula is C26H24FN5O3S. The number of methoxy groups -OCH3 is 2. The number of thioether (sulfide) groups is 1. The highest BCUT2D eigenvalue weighted by molar-refractivity contribution is 7.99. The van der Waals surface area contributed by atoms with Crippen LogP contribution in [0.5, 0.6) is 11.5 Å². The van der Waals surface area contributed by atoms with E-state index in [1.165, 1.54) is 23.9 Å². The van der Waals surface area contributed by atoms with Crippen molar-refractivity contribution in [2.24, 2.45) is 5.10 Å². The number of nitrogens with one attached hydrogen (secondary N) is 1. The zero-order valence-corrected chi connectivity index (χ0v) is 20.8. The molecule has 1 heterocycles. The summed E-state index contributed by atoms with van der Waals surface area (Å²) in [5, 5.41) is 13.4. The Morgan fingerprint density at radius 3 is 2.42 bits per heavy atom. The summed E-state index contributed by atoms with van der Waals surface area (Å²) < 4.78 is 25.8. The van der Waals surface area contributed by atoms with Crippen molar-refractivity contribution in [1.29, 1.82) is 0 Å². The van der Waals surface area contributed by atoms with Gasteiger partial charge in [0.25, 0.3) is 5.91 Å². The molecule has 0 aliphatic heterocycles. The number of halogens is 1. The van der Waals surface area contributed by atoms with Crippen LogP contribution in [0, 0.1) is 5.82 Å². The Balaban J connectivity index is 1.55. The van der Waals surface area contributed by atoms with Gasteiger partial charge in [0.1, 0.15) is 5.82 Å². The Bertz CT molecular complexity index is 1370. The fraction of sp³-hybridized carbons (Fsp3) is 0.154. The van der Waals surface area contributed by atoms with Crippen molar-refractivity contribution in [2.75, 3.05) is 20.0 Å². The number of para-hydroxylation sites is 1. The molecule has 0 fully saturated rings. The molecule has 10 heteroatoms. The lowest BCUT2D eigenvalue weighted by Crippen LogP contribution is -2.21. The van der Waals surface area contributed by atoms with Crippen molar-refractivity contribution in [3.8, 4) is 28.6 Å². The van der Waals surface area contributed by atoms with E-state index in [9.17, 15) is 9.18 Å². The van der Waals surface area contributed by atoms with Gasteiger partial charge >= 0.3 is 0 Å². The van der Waals surface area contributed by atoms with Gasteiger partial charge in [0.15, 0.2) is 22.5 Å². The van der Waals surface area contributed by atoms with Crippen LogP contribution in [0.25, 0.3) is 17.1 Å². The minimum absolute atomic E-state index is 0.0666. The molecule has 1 N–H and O–H groups in total. The SMILES string of the molecule is COc1ccc(-c2nnc(SCC(=O)N/N=C(/C)c3ccc(F)cc3)n2-c2ccccc2)cc1OC. The Labute approximate surface area is 212 Å². The van der Waals surface area contributed by atoms with E-state index >= 15 is 0 Å². The first-order valence-electron chi connectivity index (χ1n) is 10.9. The van der Waals surface area contributed by atoms with Gasteiger partial charge in [0, 0.05) is 11.3 Å². The minimum atomic E-state index is -0.332. The van der Waals surface area contributed by atoms with Gasteiger partial charge in [0.2, 0.25) is 0 Å². The second-order valence-corrected chi connectivity index (χ2v) is 8.52. The van der Waals surface area contributed by atoms with Gasteiger partial charge in [-0.15, -0.1) is 10.2 Å². The number of hydrazone groups is 1. The van der Waals surface area contributed by atoms with Crippen LogP contribution < -0.4 is 14.9 Å². The van der Waals surface area contributed by atoms with Crippen molar-refractivity contribution in [2.45, 2.75) is 12.1 Å². The number of ether oxygens (including phenoxy) is 2. The van der Waals surface area contributed by atoms with Crippen molar-refractivity contribution in [3.63, 3.8) is 0 Å². The maximum absolute atomic E-state index is 13.1. The molecule has 3 aromatic carbocycles. The van der Waals surface area contributed by atoms with Crippen LogP contribution in [0.4, 0.5) is 4.39 Å². The molecule has 0 saturated carbocycles. The number of carbonyl (C=O) groups is 1. The molecule has 4 aromatic rings. The minimum Gasteiger partial charge on any atom is -0.493 e. The second kappa shape index (κ2) is 11.5. The Morgan fingerprint density at radius 2 is 1.72 bits per heavy atom.